The van der Waals surface area contributed by atoms with Crippen molar-refractivity contribution in [1.29, 1.82) is 0 Å². The Morgan fingerprint density at radius 1 is 1.19 bits per heavy atom. The Morgan fingerprint density at radius 2 is 1.91 bits per heavy atom. The number of hydrogen-bond acceptors (Lipinski definition) is 7. The summed E-state index contributed by atoms with van der Waals surface area (Å²) in [6, 6.07) is 10.2. The number of ether oxygens (including phenoxy) is 2. The first kappa shape index (κ1) is 23.4. The highest BCUT2D eigenvalue weighted by molar-refractivity contribution is 7.92. The highest BCUT2D eigenvalue weighted by Gasteiger charge is 2.29. The van der Waals surface area contributed by atoms with E-state index in [1.54, 1.807) is 13.0 Å². The van der Waals surface area contributed by atoms with Crippen molar-refractivity contribution in [1.82, 2.24) is 0 Å². The number of sulfonamides is 1. The van der Waals surface area contributed by atoms with Gasteiger partial charge in [0.05, 0.1) is 35.8 Å². The Kier molecular flexibility index (Phi) is 7.24. The third-order valence-corrected chi connectivity index (χ3v) is 6.63. The first-order valence-corrected chi connectivity index (χ1v) is 11.7. The molecule has 2 N–H and O–H groups in total. The number of carbonyl (C=O) groups is 2. The topological polar surface area (TPSA) is 122 Å². The Morgan fingerprint density at radius 3 is 2.53 bits per heavy atom. The quantitative estimate of drug-likeness (QED) is 0.574. The number of anilines is 2. The molecule has 2 aromatic carbocycles. The average molecular weight is 463 g/mol. The van der Waals surface area contributed by atoms with Crippen LogP contribution in [0.1, 0.15) is 30.1 Å². The molecule has 2 aromatic rings. The van der Waals surface area contributed by atoms with Gasteiger partial charge < -0.3 is 19.5 Å². The minimum Gasteiger partial charge on any atom is -0.497 e. The number of hydrogen-bond donors (Lipinski definition) is 2. The second kappa shape index (κ2) is 9.90. The fourth-order valence-corrected chi connectivity index (χ4v) is 4.71. The summed E-state index contributed by atoms with van der Waals surface area (Å²) < 4.78 is 37.9. The van der Waals surface area contributed by atoms with E-state index in [1.165, 1.54) is 43.5 Å². The zero-order valence-electron chi connectivity index (χ0n) is 17.9. The van der Waals surface area contributed by atoms with E-state index >= 15 is 0 Å². The van der Waals surface area contributed by atoms with Crippen molar-refractivity contribution in [2.75, 3.05) is 36.4 Å². The van der Waals surface area contributed by atoms with E-state index in [2.05, 4.69) is 4.72 Å². The molecule has 1 aliphatic heterocycles. The molecule has 10 heteroatoms. The molecule has 0 amide bonds. The minimum atomic E-state index is -3.92. The predicted molar refractivity (Wildman–Crippen MR) is 119 cm³/mol. The van der Waals surface area contributed by atoms with Crippen molar-refractivity contribution in [2.45, 2.75) is 24.7 Å². The maximum atomic E-state index is 12.7. The van der Waals surface area contributed by atoms with Gasteiger partial charge in [-0.3, -0.25) is 9.52 Å². The summed E-state index contributed by atoms with van der Waals surface area (Å²) in [7, 11) is -2.44. The molecule has 9 nitrogen and oxygen atoms in total. The summed E-state index contributed by atoms with van der Waals surface area (Å²) in [6.45, 7) is 2.97. The van der Waals surface area contributed by atoms with Crippen LogP contribution in [-0.4, -0.2) is 52.3 Å². The number of nitrogens with zero attached hydrogens (tertiary/aromatic N) is 1. The molecule has 1 aliphatic rings. The summed E-state index contributed by atoms with van der Waals surface area (Å²) >= 11 is 0. The summed E-state index contributed by atoms with van der Waals surface area (Å²) in [5.41, 5.74) is 0.504. The van der Waals surface area contributed by atoms with Gasteiger partial charge in [0, 0.05) is 18.8 Å². The number of esters is 1. The van der Waals surface area contributed by atoms with Gasteiger partial charge in [0.25, 0.3) is 10.0 Å². The molecule has 0 saturated carbocycles. The van der Waals surface area contributed by atoms with Gasteiger partial charge >= 0.3 is 11.9 Å². The minimum absolute atomic E-state index is 0.0209. The molecule has 0 bridgehead atoms. The van der Waals surface area contributed by atoms with E-state index in [4.69, 9.17) is 9.47 Å². The van der Waals surface area contributed by atoms with Crippen LogP contribution in [0.25, 0.3) is 0 Å². The molecule has 0 aromatic heterocycles. The Labute approximate surface area is 187 Å². The lowest BCUT2D eigenvalue weighted by Gasteiger charge is -2.34. The normalized spacial score (nSPS) is 16.3. The number of aromatic carboxylic acids is 1. The lowest BCUT2D eigenvalue weighted by molar-refractivity contribution is -0.148. The van der Waals surface area contributed by atoms with Crippen LogP contribution >= 0.6 is 0 Å². The number of benzene rings is 2. The molecular formula is C22H26N2O7S. The van der Waals surface area contributed by atoms with Crippen LogP contribution in [0.4, 0.5) is 11.4 Å². The largest absolute Gasteiger partial charge is 0.497 e. The van der Waals surface area contributed by atoms with E-state index in [0.717, 1.165) is 0 Å². The lowest BCUT2D eigenvalue weighted by atomic mass is 9.97. The number of carboxylic acid groups (broad SMARTS) is 1. The fraction of sp³-hybridized carbons (Fsp3) is 0.364. The van der Waals surface area contributed by atoms with Crippen molar-refractivity contribution in [2.24, 2.45) is 5.92 Å². The van der Waals surface area contributed by atoms with Crippen LogP contribution in [-0.2, 0) is 19.6 Å². The summed E-state index contributed by atoms with van der Waals surface area (Å²) in [5.74, 6) is -1.30. The van der Waals surface area contributed by atoms with Crippen LogP contribution in [0.15, 0.2) is 47.4 Å². The van der Waals surface area contributed by atoms with Crippen molar-refractivity contribution in [3.8, 4) is 5.75 Å². The molecule has 1 heterocycles. The van der Waals surface area contributed by atoms with E-state index in [0.29, 0.717) is 44.0 Å². The van der Waals surface area contributed by atoms with Gasteiger partial charge in [-0.1, -0.05) is 0 Å². The lowest BCUT2D eigenvalue weighted by Crippen LogP contribution is -2.40. The number of methoxy groups -OCH3 is 1. The van der Waals surface area contributed by atoms with Crippen LogP contribution in [0.2, 0.25) is 0 Å². The van der Waals surface area contributed by atoms with Gasteiger partial charge in [-0.05, 0) is 62.2 Å². The van der Waals surface area contributed by atoms with Crippen molar-refractivity contribution >= 4 is 33.3 Å². The van der Waals surface area contributed by atoms with E-state index in [1.807, 2.05) is 4.90 Å². The molecular weight excluding hydrogens is 436 g/mol. The third kappa shape index (κ3) is 5.31. The molecule has 32 heavy (non-hydrogen) atoms. The van der Waals surface area contributed by atoms with Crippen LogP contribution < -0.4 is 14.4 Å². The monoisotopic (exact) mass is 462 g/mol. The number of carbonyl (C=O) groups excluding carboxylic acids is 1. The van der Waals surface area contributed by atoms with Gasteiger partial charge in [0.1, 0.15) is 5.75 Å². The molecule has 1 atom stereocenters. The summed E-state index contributed by atoms with van der Waals surface area (Å²) in [6.07, 6.45) is 1.39. The first-order chi connectivity index (χ1) is 15.2. The predicted octanol–water partition coefficient (Wildman–Crippen LogP) is 2.97. The zero-order chi connectivity index (χ0) is 23.3. The molecule has 3 rings (SSSR count). The standard InChI is InChI=1S/C22H26N2O7S/c1-3-31-22(27)15-5-4-12-24(14-15)20-11-6-16(13-19(20)21(25)26)23-32(28,29)18-9-7-17(30-2)8-10-18/h6-11,13,15,23H,3-5,12,14H2,1-2H3,(H,25,26). The van der Waals surface area contributed by atoms with Gasteiger partial charge in [0.15, 0.2) is 0 Å². The average Bonchev–Trinajstić information content (AvgIpc) is 2.79. The van der Waals surface area contributed by atoms with Gasteiger partial charge in [-0.2, -0.15) is 0 Å². The Hall–Kier alpha value is -3.27. The fourth-order valence-electron chi connectivity index (χ4n) is 3.66. The van der Waals surface area contributed by atoms with Gasteiger partial charge in [-0.15, -0.1) is 0 Å². The number of nitrogens with one attached hydrogen (secondary N) is 1. The SMILES string of the molecule is CCOC(=O)C1CCCN(c2ccc(NS(=O)(=O)c3ccc(OC)cc3)cc2C(=O)O)C1. The van der Waals surface area contributed by atoms with Crippen molar-refractivity contribution in [3.63, 3.8) is 0 Å². The van der Waals surface area contributed by atoms with Crippen molar-refractivity contribution < 1.29 is 32.6 Å². The molecule has 172 valence electrons. The highest BCUT2D eigenvalue weighted by atomic mass is 32.2. The number of rotatable bonds is 8. The maximum absolute atomic E-state index is 12.7. The second-order valence-corrected chi connectivity index (χ2v) is 9.04. The maximum Gasteiger partial charge on any atom is 0.337 e. The van der Waals surface area contributed by atoms with Crippen LogP contribution in [0.5, 0.6) is 5.75 Å². The molecule has 1 unspecified atom stereocenters. The van der Waals surface area contributed by atoms with Gasteiger partial charge in [0.2, 0.25) is 0 Å². The smallest absolute Gasteiger partial charge is 0.337 e. The Bertz CT molecular complexity index is 1080. The molecule has 0 spiro atoms. The number of piperidine rings is 1. The van der Waals surface area contributed by atoms with Crippen LogP contribution in [0, 0.1) is 5.92 Å². The Balaban J connectivity index is 1.84. The van der Waals surface area contributed by atoms with E-state index in [-0.39, 0.29) is 28.0 Å². The van der Waals surface area contributed by atoms with E-state index in [9.17, 15) is 23.1 Å². The zero-order valence-corrected chi connectivity index (χ0v) is 18.7. The van der Waals surface area contributed by atoms with Gasteiger partial charge in [-0.25, -0.2) is 13.2 Å². The van der Waals surface area contributed by atoms with Crippen molar-refractivity contribution in [3.05, 3.63) is 48.0 Å². The second-order valence-electron chi connectivity index (χ2n) is 7.36. The van der Waals surface area contributed by atoms with E-state index < -0.39 is 16.0 Å². The third-order valence-electron chi connectivity index (χ3n) is 5.23. The van der Waals surface area contributed by atoms with Crippen LogP contribution in [0.3, 0.4) is 0 Å². The first-order valence-electron chi connectivity index (χ1n) is 10.2. The summed E-state index contributed by atoms with van der Waals surface area (Å²) in [5, 5.41) is 9.74. The molecule has 1 saturated heterocycles. The highest BCUT2D eigenvalue weighted by Crippen LogP contribution is 2.30. The summed E-state index contributed by atoms with van der Waals surface area (Å²) in [4.78, 5) is 25.9. The molecule has 0 radical (unpaired) electrons. The molecule has 0 aliphatic carbocycles. The number of carboxylic acids is 1. The molecule has 1 fully saturated rings.